The molecule has 0 aliphatic heterocycles. The first kappa shape index (κ1) is 12.4. The number of aliphatic hydroxyl groups excluding tert-OH is 1. The van der Waals surface area contributed by atoms with Crippen molar-refractivity contribution in [3.63, 3.8) is 0 Å². The van der Waals surface area contributed by atoms with Crippen molar-refractivity contribution in [2.45, 2.75) is 12.3 Å². The van der Waals surface area contributed by atoms with Gasteiger partial charge < -0.3 is 5.11 Å². The second-order valence-electron chi connectivity index (χ2n) is 3.50. The van der Waals surface area contributed by atoms with Gasteiger partial charge in [-0.15, -0.1) is 0 Å². The van der Waals surface area contributed by atoms with Crippen LogP contribution in [0.2, 0.25) is 0 Å². The van der Waals surface area contributed by atoms with Gasteiger partial charge in [-0.1, -0.05) is 0 Å². The monoisotopic (exact) mass is 255 g/mol. The fraction of sp³-hybridized carbons (Fsp3) is 0.182. The molecule has 7 heteroatoms. The Balaban J connectivity index is 2.25. The van der Waals surface area contributed by atoms with E-state index in [2.05, 4.69) is 15.0 Å². The highest BCUT2D eigenvalue weighted by Gasteiger charge is 2.31. The van der Waals surface area contributed by atoms with E-state index in [1.54, 1.807) is 0 Å². The maximum Gasteiger partial charge on any atom is 0.417 e. The normalized spacial score (nSPS) is 13.3. The van der Waals surface area contributed by atoms with Gasteiger partial charge in [-0.05, 0) is 12.1 Å². The Morgan fingerprint density at radius 1 is 1.00 bits per heavy atom. The first-order chi connectivity index (χ1) is 8.48. The molecule has 94 valence electrons. The number of rotatable bonds is 2. The van der Waals surface area contributed by atoms with E-state index in [0.29, 0.717) is 6.20 Å². The Kier molecular flexibility index (Phi) is 3.24. The molecule has 0 amide bonds. The molecule has 2 aromatic rings. The third-order valence-electron chi connectivity index (χ3n) is 2.26. The molecule has 0 bridgehead atoms. The molecule has 0 saturated heterocycles. The number of pyridine rings is 1. The molecule has 1 N–H and O–H groups in total. The number of hydrogen-bond donors (Lipinski definition) is 1. The van der Waals surface area contributed by atoms with Crippen LogP contribution in [0.25, 0.3) is 0 Å². The van der Waals surface area contributed by atoms with Crippen molar-refractivity contribution in [2.75, 3.05) is 0 Å². The smallest absolute Gasteiger partial charge is 0.380 e. The fourth-order valence-corrected chi connectivity index (χ4v) is 1.34. The molecule has 18 heavy (non-hydrogen) atoms. The summed E-state index contributed by atoms with van der Waals surface area (Å²) in [5.41, 5.74) is -0.550. The molecular weight excluding hydrogens is 247 g/mol. The van der Waals surface area contributed by atoms with Gasteiger partial charge in [0, 0.05) is 18.6 Å². The molecule has 0 radical (unpaired) electrons. The molecule has 4 nitrogen and oxygen atoms in total. The predicted octanol–water partition coefficient (Wildman–Crippen LogP) is 1.97. The maximum atomic E-state index is 12.3. The summed E-state index contributed by atoms with van der Waals surface area (Å²) < 4.78 is 37.0. The van der Waals surface area contributed by atoms with Gasteiger partial charge >= 0.3 is 6.18 Å². The summed E-state index contributed by atoms with van der Waals surface area (Å²) in [6, 6.07) is 1.98. The second-order valence-corrected chi connectivity index (χ2v) is 3.50. The lowest BCUT2D eigenvalue weighted by Crippen LogP contribution is -2.09. The Morgan fingerprint density at radius 2 is 1.78 bits per heavy atom. The number of aromatic nitrogens is 3. The second kappa shape index (κ2) is 4.69. The van der Waals surface area contributed by atoms with Crippen LogP contribution < -0.4 is 0 Å². The quantitative estimate of drug-likeness (QED) is 0.891. The van der Waals surface area contributed by atoms with Crippen LogP contribution in [0.4, 0.5) is 13.2 Å². The number of nitrogens with zero attached hydrogens (tertiary/aromatic N) is 3. The average molecular weight is 255 g/mol. The highest BCUT2D eigenvalue weighted by atomic mass is 19.4. The Hall–Kier alpha value is -2.02. The lowest BCUT2D eigenvalue weighted by molar-refractivity contribution is -0.137. The summed E-state index contributed by atoms with van der Waals surface area (Å²) in [4.78, 5) is 11.2. The van der Waals surface area contributed by atoms with Gasteiger partial charge in [-0.2, -0.15) is 13.2 Å². The minimum atomic E-state index is -4.44. The zero-order chi connectivity index (χ0) is 13.2. The van der Waals surface area contributed by atoms with Crippen molar-refractivity contribution < 1.29 is 18.3 Å². The molecular formula is C11H8F3N3O. The van der Waals surface area contributed by atoms with Gasteiger partial charge in [0.05, 0.1) is 23.1 Å². The summed E-state index contributed by atoms with van der Waals surface area (Å²) >= 11 is 0. The van der Waals surface area contributed by atoms with E-state index < -0.39 is 17.8 Å². The third kappa shape index (κ3) is 2.62. The number of hydrogen-bond acceptors (Lipinski definition) is 4. The van der Waals surface area contributed by atoms with Crippen LogP contribution in [0.5, 0.6) is 0 Å². The van der Waals surface area contributed by atoms with Crippen LogP contribution in [0.1, 0.15) is 23.1 Å². The fourth-order valence-electron chi connectivity index (χ4n) is 1.34. The van der Waals surface area contributed by atoms with Crippen molar-refractivity contribution >= 4 is 0 Å². The molecule has 0 saturated carbocycles. The van der Waals surface area contributed by atoms with Crippen molar-refractivity contribution in [1.29, 1.82) is 0 Å². The standard InChI is InChI=1S/C11H8F3N3O/c12-11(13,14)7-1-2-8(17-5-7)10(18)9-6-15-3-4-16-9/h1-6,10,18H. The van der Waals surface area contributed by atoms with Crippen LogP contribution in [0.3, 0.4) is 0 Å². The summed E-state index contributed by atoms with van der Waals surface area (Å²) in [7, 11) is 0. The van der Waals surface area contributed by atoms with Crippen molar-refractivity contribution in [2.24, 2.45) is 0 Å². The van der Waals surface area contributed by atoms with Gasteiger partial charge in [0.2, 0.25) is 0 Å². The molecule has 1 unspecified atom stereocenters. The van der Waals surface area contributed by atoms with Crippen molar-refractivity contribution in [3.8, 4) is 0 Å². The first-order valence-electron chi connectivity index (χ1n) is 4.95. The largest absolute Gasteiger partial charge is 0.417 e. The van der Waals surface area contributed by atoms with E-state index in [-0.39, 0.29) is 11.4 Å². The van der Waals surface area contributed by atoms with Crippen LogP contribution in [-0.4, -0.2) is 20.1 Å². The third-order valence-corrected chi connectivity index (χ3v) is 2.26. The number of halogens is 3. The topological polar surface area (TPSA) is 58.9 Å². The van der Waals surface area contributed by atoms with Crippen molar-refractivity contribution in [3.05, 3.63) is 53.9 Å². The Morgan fingerprint density at radius 3 is 2.28 bits per heavy atom. The first-order valence-corrected chi connectivity index (χ1v) is 4.95. The molecule has 2 aromatic heterocycles. The Labute approximate surface area is 100 Å². The molecule has 2 rings (SSSR count). The SMILES string of the molecule is OC(c1ccc(C(F)(F)F)cn1)c1cnccn1. The van der Waals surface area contributed by atoms with E-state index in [9.17, 15) is 18.3 Å². The van der Waals surface area contributed by atoms with Gasteiger partial charge in [-0.25, -0.2) is 0 Å². The van der Waals surface area contributed by atoms with Gasteiger partial charge in [0.1, 0.15) is 6.10 Å². The van der Waals surface area contributed by atoms with E-state index in [1.807, 2.05) is 0 Å². The molecule has 0 aliphatic rings. The Bertz CT molecular complexity index is 513. The molecule has 0 fully saturated rings. The molecule has 0 aromatic carbocycles. The van der Waals surface area contributed by atoms with Crippen LogP contribution >= 0.6 is 0 Å². The van der Waals surface area contributed by atoms with Crippen molar-refractivity contribution in [1.82, 2.24) is 15.0 Å². The average Bonchev–Trinajstić information content (AvgIpc) is 2.38. The highest BCUT2D eigenvalue weighted by Crippen LogP contribution is 2.29. The van der Waals surface area contributed by atoms with E-state index in [4.69, 9.17) is 0 Å². The van der Waals surface area contributed by atoms with E-state index >= 15 is 0 Å². The maximum absolute atomic E-state index is 12.3. The predicted molar refractivity (Wildman–Crippen MR) is 55.3 cm³/mol. The number of aliphatic hydroxyl groups is 1. The summed E-state index contributed by atoms with van der Waals surface area (Å²) in [5, 5.41) is 9.84. The van der Waals surface area contributed by atoms with Gasteiger partial charge in [0.25, 0.3) is 0 Å². The zero-order valence-electron chi connectivity index (χ0n) is 8.96. The molecule has 0 spiro atoms. The summed E-state index contributed by atoms with van der Waals surface area (Å²) in [5.74, 6) is 0. The number of alkyl halides is 3. The lowest BCUT2D eigenvalue weighted by atomic mass is 10.1. The molecule has 1 atom stereocenters. The summed E-state index contributed by atoms with van der Waals surface area (Å²) in [6.07, 6.45) is -0.831. The zero-order valence-corrected chi connectivity index (χ0v) is 8.96. The molecule has 2 heterocycles. The van der Waals surface area contributed by atoms with Crippen LogP contribution in [-0.2, 0) is 6.18 Å². The van der Waals surface area contributed by atoms with E-state index in [1.165, 1.54) is 18.6 Å². The lowest BCUT2D eigenvalue weighted by Gasteiger charge is -2.10. The van der Waals surface area contributed by atoms with E-state index in [0.717, 1.165) is 12.1 Å². The summed E-state index contributed by atoms with van der Waals surface area (Å²) in [6.45, 7) is 0. The van der Waals surface area contributed by atoms with Gasteiger partial charge in [0.15, 0.2) is 0 Å². The van der Waals surface area contributed by atoms with Crippen LogP contribution in [0.15, 0.2) is 36.9 Å². The minimum absolute atomic E-state index is 0.0866. The van der Waals surface area contributed by atoms with Gasteiger partial charge in [-0.3, -0.25) is 15.0 Å². The molecule has 0 aliphatic carbocycles. The van der Waals surface area contributed by atoms with Crippen LogP contribution in [0, 0.1) is 0 Å². The minimum Gasteiger partial charge on any atom is -0.380 e. The highest BCUT2D eigenvalue weighted by molar-refractivity contribution is 5.22.